The Morgan fingerprint density at radius 2 is 1.74 bits per heavy atom. The van der Waals surface area contributed by atoms with Crippen LogP contribution in [-0.2, 0) is 19.6 Å². The van der Waals surface area contributed by atoms with Gasteiger partial charge in [0.2, 0.25) is 15.8 Å². The van der Waals surface area contributed by atoms with Crippen molar-refractivity contribution in [2.75, 3.05) is 6.61 Å². The minimum atomic E-state index is -3.93. The molecule has 0 fully saturated rings. The Morgan fingerprint density at radius 3 is 2.26 bits per heavy atom. The number of carbonyl (C=O) groups is 2. The minimum absolute atomic E-state index is 0.169. The molecular formula is C19H24N2O5S. The number of esters is 1. The fraction of sp³-hybridized carbons (Fsp3) is 0.368. The molecule has 0 unspecified atom stereocenters. The zero-order chi connectivity index (χ0) is 20.4. The van der Waals surface area contributed by atoms with E-state index >= 15 is 0 Å². The summed E-state index contributed by atoms with van der Waals surface area (Å²) in [6, 6.07) is 4.01. The van der Waals surface area contributed by atoms with Crippen LogP contribution in [0.5, 0.6) is 0 Å². The maximum Gasteiger partial charge on any atom is 0.324 e. The van der Waals surface area contributed by atoms with Crippen LogP contribution in [0.3, 0.4) is 0 Å². The predicted molar refractivity (Wildman–Crippen MR) is 101 cm³/mol. The lowest BCUT2D eigenvalue weighted by Gasteiger charge is -2.18. The van der Waals surface area contributed by atoms with Gasteiger partial charge in [0, 0.05) is 6.20 Å². The molecule has 1 atom stereocenters. The number of ether oxygens (including phenoxy) is 1. The molecule has 1 heterocycles. The zero-order valence-electron chi connectivity index (χ0n) is 16.0. The van der Waals surface area contributed by atoms with E-state index in [1.54, 1.807) is 32.2 Å². The number of benzene rings is 1. The van der Waals surface area contributed by atoms with Crippen LogP contribution in [0.2, 0.25) is 0 Å². The number of rotatable bonds is 7. The standard InChI is InChI=1S/C19H24N2O5S/c1-11-9-12(2)14(4)18(13(11)3)27(24,25)21-15(5)19(23)26-10-17(22)16-7-6-8-20-16/h6-9,15,20-21H,10H2,1-5H3/t15-/m1/s1. The Hall–Kier alpha value is -2.45. The quantitative estimate of drug-likeness (QED) is 0.556. The van der Waals surface area contributed by atoms with Crippen molar-refractivity contribution in [2.24, 2.45) is 0 Å². The second kappa shape index (κ2) is 8.06. The summed E-state index contributed by atoms with van der Waals surface area (Å²) in [4.78, 5) is 26.9. The first-order chi connectivity index (χ1) is 12.5. The van der Waals surface area contributed by atoms with Crippen LogP contribution in [0.4, 0.5) is 0 Å². The van der Waals surface area contributed by atoms with Gasteiger partial charge in [0.05, 0.1) is 10.6 Å². The molecule has 0 aliphatic rings. The molecule has 7 nitrogen and oxygen atoms in total. The molecule has 8 heteroatoms. The molecule has 2 rings (SSSR count). The van der Waals surface area contributed by atoms with Gasteiger partial charge in [-0.2, -0.15) is 4.72 Å². The van der Waals surface area contributed by atoms with Gasteiger partial charge in [0.25, 0.3) is 0 Å². The van der Waals surface area contributed by atoms with Crippen molar-refractivity contribution >= 4 is 21.8 Å². The number of hydrogen-bond acceptors (Lipinski definition) is 5. The summed E-state index contributed by atoms with van der Waals surface area (Å²) in [5.74, 6) is -1.22. The molecule has 0 bridgehead atoms. The van der Waals surface area contributed by atoms with E-state index in [-0.39, 0.29) is 4.90 Å². The molecule has 2 aromatic rings. The van der Waals surface area contributed by atoms with Crippen molar-refractivity contribution < 1.29 is 22.7 Å². The van der Waals surface area contributed by atoms with Gasteiger partial charge in [0.15, 0.2) is 6.61 Å². The van der Waals surface area contributed by atoms with Gasteiger partial charge in [-0.1, -0.05) is 6.07 Å². The third-order valence-electron chi connectivity index (χ3n) is 4.50. The molecule has 0 saturated carbocycles. The van der Waals surface area contributed by atoms with Gasteiger partial charge < -0.3 is 9.72 Å². The number of aryl methyl sites for hydroxylation is 2. The number of aromatic amines is 1. The summed E-state index contributed by atoms with van der Waals surface area (Å²) in [5.41, 5.74) is 3.29. The first-order valence-corrected chi connectivity index (χ1v) is 9.96. The van der Waals surface area contributed by atoms with Crippen LogP contribution >= 0.6 is 0 Å². The summed E-state index contributed by atoms with van der Waals surface area (Å²) < 4.78 is 32.9. The normalized spacial score (nSPS) is 12.6. The topological polar surface area (TPSA) is 105 Å². The molecule has 27 heavy (non-hydrogen) atoms. The van der Waals surface area contributed by atoms with Gasteiger partial charge in [0.1, 0.15) is 6.04 Å². The fourth-order valence-electron chi connectivity index (χ4n) is 2.77. The smallest absolute Gasteiger partial charge is 0.324 e. The van der Waals surface area contributed by atoms with Crippen molar-refractivity contribution in [3.63, 3.8) is 0 Å². The lowest BCUT2D eigenvalue weighted by Crippen LogP contribution is -2.40. The maximum absolute atomic E-state index is 12.8. The highest BCUT2D eigenvalue weighted by Crippen LogP contribution is 2.26. The molecule has 1 aromatic heterocycles. The number of carbonyl (C=O) groups excluding carboxylic acids is 2. The van der Waals surface area contributed by atoms with Crippen LogP contribution in [0, 0.1) is 27.7 Å². The summed E-state index contributed by atoms with van der Waals surface area (Å²) in [6.07, 6.45) is 1.58. The van der Waals surface area contributed by atoms with E-state index in [1.165, 1.54) is 6.92 Å². The van der Waals surface area contributed by atoms with Crippen LogP contribution in [0.1, 0.15) is 39.7 Å². The van der Waals surface area contributed by atoms with Gasteiger partial charge >= 0.3 is 5.97 Å². The number of Topliss-reactive ketones (excluding diaryl/α,β-unsaturated/α-hetero) is 1. The Morgan fingerprint density at radius 1 is 1.15 bits per heavy atom. The monoisotopic (exact) mass is 392 g/mol. The molecule has 0 saturated heterocycles. The van der Waals surface area contributed by atoms with Crippen molar-refractivity contribution in [1.29, 1.82) is 0 Å². The fourth-order valence-corrected chi connectivity index (χ4v) is 4.57. The van der Waals surface area contributed by atoms with Crippen LogP contribution in [0.25, 0.3) is 0 Å². The molecule has 0 radical (unpaired) electrons. The summed E-state index contributed by atoms with van der Waals surface area (Å²) in [7, 11) is -3.93. The lowest BCUT2D eigenvalue weighted by molar-refractivity contribution is -0.144. The minimum Gasteiger partial charge on any atom is -0.456 e. The summed E-state index contributed by atoms with van der Waals surface area (Å²) in [6.45, 7) is 8.05. The highest BCUT2D eigenvalue weighted by molar-refractivity contribution is 7.89. The van der Waals surface area contributed by atoms with E-state index in [9.17, 15) is 18.0 Å². The average Bonchev–Trinajstić information content (AvgIpc) is 3.11. The molecule has 2 N–H and O–H groups in total. The molecule has 0 aliphatic carbocycles. The second-order valence-corrected chi connectivity index (χ2v) is 8.20. The van der Waals surface area contributed by atoms with Gasteiger partial charge in [-0.05, 0) is 69.0 Å². The average molecular weight is 392 g/mol. The molecule has 0 amide bonds. The molecule has 146 valence electrons. The Kier molecular flexibility index (Phi) is 6.22. The largest absolute Gasteiger partial charge is 0.456 e. The van der Waals surface area contributed by atoms with E-state index in [0.29, 0.717) is 16.8 Å². The van der Waals surface area contributed by atoms with Crippen molar-refractivity contribution in [2.45, 2.75) is 45.6 Å². The van der Waals surface area contributed by atoms with Crippen LogP contribution < -0.4 is 4.72 Å². The highest BCUT2D eigenvalue weighted by Gasteiger charge is 2.27. The zero-order valence-corrected chi connectivity index (χ0v) is 16.9. The number of nitrogens with one attached hydrogen (secondary N) is 2. The van der Waals surface area contributed by atoms with Gasteiger partial charge in [-0.3, -0.25) is 9.59 Å². The summed E-state index contributed by atoms with van der Waals surface area (Å²) in [5, 5.41) is 0. The number of aromatic nitrogens is 1. The van der Waals surface area contributed by atoms with Gasteiger partial charge in [-0.25, -0.2) is 8.42 Å². The highest BCUT2D eigenvalue weighted by atomic mass is 32.2. The second-order valence-electron chi connectivity index (χ2n) is 6.55. The molecule has 1 aromatic carbocycles. The first-order valence-electron chi connectivity index (χ1n) is 8.47. The lowest BCUT2D eigenvalue weighted by atomic mass is 10.0. The Balaban J connectivity index is 2.11. The van der Waals surface area contributed by atoms with Crippen LogP contribution in [0.15, 0.2) is 29.3 Å². The Labute approximate surface area is 159 Å². The number of H-pyrrole nitrogens is 1. The van der Waals surface area contributed by atoms with Crippen molar-refractivity contribution in [3.8, 4) is 0 Å². The third-order valence-corrected chi connectivity index (χ3v) is 6.31. The molecule has 0 spiro atoms. The first kappa shape index (κ1) is 20.9. The number of hydrogen-bond donors (Lipinski definition) is 2. The Bertz CT molecular complexity index is 936. The third kappa shape index (κ3) is 4.64. The van der Waals surface area contributed by atoms with E-state index in [4.69, 9.17) is 4.74 Å². The van der Waals surface area contributed by atoms with E-state index < -0.39 is 34.4 Å². The van der Waals surface area contributed by atoms with E-state index in [0.717, 1.165) is 11.1 Å². The SMILES string of the molecule is Cc1cc(C)c(C)c(S(=O)(=O)N[C@H](C)C(=O)OCC(=O)c2ccc[nH]2)c1C. The predicted octanol–water partition coefficient (Wildman–Crippen LogP) is 2.34. The van der Waals surface area contributed by atoms with Crippen molar-refractivity contribution in [1.82, 2.24) is 9.71 Å². The number of ketones is 1. The maximum atomic E-state index is 12.8. The summed E-state index contributed by atoms with van der Waals surface area (Å²) >= 11 is 0. The van der Waals surface area contributed by atoms with E-state index in [2.05, 4.69) is 9.71 Å². The van der Waals surface area contributed by atoms with E-state index in [1.807, 2.05) is 19.9 Å². The number of sulfonamides is 1. The van der Waals surface area contributed by atoms with Crippen LogP contribution in [-0.4, -0.2) is 37.8 Å². The molecular weight excluding hydrogens is 368 g/mol. The van der Waals surface area contributed by atoms with Gasteiger partial charge in [-0.15, -0.1) is 0 Å². The van der Waals surface area contributed by atoms with Crippen molar-refractivity contribution in [3.05, 3.63) is 52.3 Å². The molecule has 0 aliphatic heterocycles.